The summed E-state index contributed by atoms with van der Waals surface area (Å²) < 4.78 is 0. The van der Waals surface area contributed by atoms with Crippen molar-refractivity contribution >= 4 is 0 Å². The molecule has 0 radical (unpaired) electrons. The minimum absolute atomic E-state index is 0.0951. The van der Waals surface area contributed by atoms with Gasteiger partial charge in [-0.1, -0.05) is 71.6 Å². The first-order chi connectivity index (χ1) is 9.20. The molecule has 2 heteroatoms. The van der Waals surface area contributed by atoms with Gasteiger partial charge in [-0.05, 0) is 25.7 Å². The van der Waals surface area contributed by atoms with Crippen LogP contribution in [0.1, 0.15) is 97.3 Å². The van der Waals surface area contributed by atoms with E-state index in [4.69, 9.17) is 0 Å². The summed E-state index contributed by atoms with van der Waals surface area (Å²) in [6.45, 7) is 4.26. The first-order valence-corrected chi connectivity index (χ1v) is 8.56. The lowest BCUT2D eigenvalue weighted by molar-refractivity contribution is 0.142. The third kappa shape index (κ3) is 14.1. The summed E-state index contributed by atoms with van der Waals surface area (Å²) in [6.07, 6.45) is 14.6. The fraction of sp³-hybridized carbons (Fsp3) is 1.00. The maximum Gasteiger partial charge on any atom is 0.0540 e. The van der Waals surface area contributed by atoms with E-state index < -0.39 is 0 Å². The molecule has 0 saturated carbocycles. The van der Waals surface area contributed by atoms with Crippen LogP contribution in [0.15, 0.2) is 0 Å². The number of hydrogen-bond acceptors (Lipinski definition) is 2. The Hall–Kier alpha value is -0.0800. The first kappa shape index (κ1) is 18.9. The molecule has 0 aliphatic carbocycles. The fourth-order valence-corrected chi connectivity index (χ4v) is 2.45. The zero-order valence-corrected chi connectivity index (χ0v) is 13.2. The Morgan fingerprint density at radius 2 is 1.00 bits per heavy atom. The summed E-state index contributed by atoms with van der Waals surface area (Å²) >= 11 is 0. The Kier molecular flexibility index (Phi) is 14.3. The Balaban J connectivity index is 3.19. The minimum atomic E-state index is -0.118. The van der Waals surface area contributed by atoms with Gasteiger partial charge in [0.1, 0.15) is 0 Å². The molecule has 0 amide bonds. The van der Waals surface area contributed by atoms with Crippen LogP contribution in [0, 0.1) is 0 Å². The molecular weight excluding hydrogens is 236 g/mol. The van der Waals surface area contributed by atoms with Crippen LogP contribution in [0.25, 0.3) is 0 Å². The van der Waals surface area contributed by atoms with Gasteiger partial charge in [0.05, 0.1) is 12.2 Å². The van der Waals surface area contributed by atoms with Crippen LogP contribution < -0.4 is 0 Å². The molecule has 2 unspecified atom stereocenters. The zero-order valence-electron chi connectivity index (χ0n) is 13.2. The summed E-state index contributed by atoms with van der Waals surface area (Å²) in [5.74, 6) is 0. The molecule has 0 saturated heterocycles. The smallest absolute Gasteiger partial charge is 0.0540 e. The summed E-state index contributed by atoms with van der Waals surface area (Å²) in [5.41, 5.74) is 0. The monoisotopic (exact) mass is 272 g/mol. The highest BCUT2D eigenvalue weighted by molar-refractivity contribution is 4.58. The van der Waals surface area contributed by atoms with Gasteiger partial charge in [0, 0.05) is 0 Å². The van der Waals surface area contributed by atoms with Crippen LogP contribution in [-0.4, -0.2) is 22.4 Å². The second-order valence-corrected chi connectivity index (χ2v) is 5.91. The van der Waals surface area contributed by atoms with Crippen molar-refractivity contribution in [2.75, 3.05) is 0 Å². The molecular formula is C17H36O2. The van der Waals surface area contributed by atoms with Crippen molar-refractivity contribution in [3.8, 4) is 0 Å². The van der Waals surface area contributed by atoms with Crippen molar-refractivity contribution in [2.24, 2.45) is 0 Å². The van der Waals surface area contributed by atoms with Crippen LogP contribution in [0.3, 0.4) is 0 Å². The van der Waals surface area contributed by atoms with Crippen molar-refractivity contribution in [1.29, 1.82) is 0 Å². The van der Waals surface area contributed by atoms with E-state index in [0.29, 0.717) is 0 Å². The molecule has 0 spiro atoms. The van der Waals surface area contributed by atoms with Crippen LogP contribution in [-0.2, 0) is 0 Å². The van der Waals surface area contributed by atoms with Crippen molar-refractivity contribution in [3.05, 3.63) is 0 Å². The maximum atomic E-state index is 9.86. The van der Waals surface area contributed by atoms with Crippen LogP contribution in [0.2, 0.25) is 0 Å². The maximum absolute atomic E-state index is 9.86. The van der Waals surface area contributed by atoms with Crippen LogP contribution >= 0.6 is 0 Å². The van der Waals surface area contributed by atoms with Gasteiger partial charge >= 0.3 is 0 Å². The van der Waals surface area contributed by atoms with Gasteiger partial charge in [0.2, 0.25) is 0 Å². The van der Waals surface area contributed by atoms with Gasteiger partial charge in [-0.3, -0.25) is 0 Å². The highest BCUT2D eigenvalue weighted by Gasteiger charge is 2.04. The third-order valence-corrected chi connectivity index (χ3v) is 3.94. The van der Waals surface area contributed by atoms with Gasteiger partial charge in [-0.25, -0.2) is 0 Å². The van der Waals surface area contributed by atoms with Gasteiger partial charge < -0.3 is 10.2 Å². The summed E-state index contributed by atoms with van der Waals surface area (Å²) in [7, 11) is 0. The quantitative estimate of drug-likeness (QED) is 0.445. The van der Waals surface area contributed by atoms with E-state index in [9.17, 15) is 10.2 Å². The molecule has 19 heavy (non-hydrogen) atoms. The van der Waals surface area contributed by atoms with E-state index in [1.807, 2.05) is 6.92 Å². The lowest BCUT2D eigenvalue weighted by atomic mass is 10.0. The van der Waals surface area contributed by atoms with Gasteiger partial charge in [0.15, 0.2) is 0 Å². The van der Waals surface area contributed by atoms with Crippen molar-refractivity contribution in [1.82, 2.24) is 0 Å². The SMILES string of the molecule is CCCCCCCCC(O)CCCCCC(O)CC. The fourth-order valence-electron chi connectivity index (χ4n) is 2.45. The van der Waals surface area contributed by atoms with Crippen LogP contribution in [0.4, 0.5) is 0 Å². The Morgan fingerprint density at radius 3 is 1.53 bits per heavy atom. The molecule has 0 aromatic heterocycles. The third-order valence-electron chi connectivity index (χ3n) is 3.94. The van der Waals surface area contributed by atoms with E-state index in [-0.39, 0.29) is 12.2 Å². The molecule has 0 aliphatic heterocycles. The zero-order chi connectivity index (χ0) is 14.3. The lowest BCUT2D eigenvalue weighted by Gasteiger charge is -2.11. The molecule has 0 heterocycles. The van der Waals surface area contributed by atoms with Gasteiger partial charge in [-0.2, -0.15) is 0 Å². The molecule has 0 rings (SSSR count). The van der Waals surface area contributed by atoms with Gasteiger partial charge in [-0.15, -0.1) is 0 Å². The topological polar surface area (TPSA) is 40.5 Å². The Bertz CT molecular complexity index is 171. The molecule has 0 aromatic rings. The predicted octanol–water partition coefficient (Wildman–Crippen LogP) is 4.82. The molecule has 0 aliphatic rings. The van der Waals surface area contributed by atoms with Crippen molar-refractivity contribution in [2.45, 2.75) is 110 Å². The normalized spacial score (nSPS) is 14.5. The standard InChI is InChI=1S/C17H36O2/c1-3-5-6-7-8-10-14-17(19)15-12-9-11-13-16(18)4-2/h16-19H,3-15H2,1-2H3. The molecule has 2 N–H and O–H groups in total. The molecule has 2 atom stereocenters. The average molecular weight is 272 g/mol. The number of unbranched alkanes of at least 4 members (excludes halogenated alkanes) is 7. The molecule has 116 valence electrons. The van der Waals surface area contributed by atoms with Crippen molar-refractivity contribution < 1.29 is 10.2 Å². The lowest BCUT2D eigenvalue weighted by Crippen LogP contribution is -2.07. The molecule has 2 nitrogen and oxygen atoms in total. The predicted molar refractivity (Wildman–Crippen MR) is 83.4 cm³/mol. The van der Waals surface area contributed by atoms with E-state index in [2.05, 4.69) is 6.92 Å². The second kappa shape index (κ2) is 14.3. The van der Waals surface area contributed by atoms with Crippen LogP contribution in [0.5, 0.6) is 0 Å². The van der Waals surface area contributed by atoms with E-state index in [1.165, 1.54) is 38.5 Å². The summed E-state index contributed by atoms with van der Waals surface area (Å²) in [4.78, 5) is 0. The molecule has 0 aromatic carbocycles. The number of hydrogen-bond donors (Lipinski definition) is 2. The first-order valence-electron chi connectivity index (χ1n) is 8.56. The Morgan fingerprint density at radius 1 is 0.579 bits per heavy atom. The molecule has 0 fully saturated rings. The van der Waals surface area contributed by atoms with E-state index in [1.54, 1.807) is 0 Å². The summed E-state index contributed by atoms with van der Waals surface area (Å²) in [6, 6.07) is 0. The van der Waals surface area contributed by atoms with E-state index >= 15 is 0 Å². The largest absolute Gasteiger partial charge is 0.393 e. The molecule has 0 bridgehead atoms. The number of aliphatic hydroxyl groups excluding tert-OH is 2. The highest BCUT2D eigenvalue weighted by Crippen LogP contribution is 2.14. The second-order valence-electron chi connectivity index (χ2n) is 5.91. The minimum Gasteiger partial charge on any atom is -0.393 e. The van der Waals surface area contributed by atoms with Crippen molar-refractivity contribution in [3.63, 3.8) is 0 Å². The highest BCUT2D eigenvalue weighted by atomic mass is 16.3. The van der Waals surface area contributed by atoms with E-state index in [0.717, 1.165) is 44.9 Å². The van der Waals surface area contributed by atoms with Gasteiger partial charge in [0.25, 0.3) is 0 Å². The Labute approximate surface area is 120 Å². The number of aliphatic hydroxyl groups is 2. The average Bonchev–Trinajstić information content (AvgIpc) is 2.42. The summed E-state index contributed by atoms with van der Waals surface area (Å²) in [5, 5.41) is 19.3. The number of rotatable bonds is 14.